The van der Waals surface area contributed by atoms with Crippen molar-refractivity contribution < 1.29 is 16.8 Å². The van der Waals surface area contributed by atoms with Crippen LogP contribution in [-0.2, 0) is 20.0 Å². The summed E-state index contributed by atoms with van der Waals surface area (Å²) in [4.78, 5) is 0.285. The Hall–Kier alpha value is -1.90. The van der Waals surface area contributed by atoms with Crippen LogP contribution in [0.2, 0.25) is 0 Å². The number of nitrogens with one attached hydrogen (secondary N) is 2. The maximum Gasteiger partial charge on any atom is 0.261 e. The SMILES string of the molecule is C[C@H](NS(=O)(=O)c1ccc(NS(=O)(=O)c2ccccc2)cc1)[C@H]1C[C@H]2CC[C@H]1C2. The fraction of sp³-hybridized carbons (Fsp3) is 0.429. The highest BCUT2D eigenvalue weighted by Gasteiger charge is 2.42. The maximum atomic E-state index is 12.8. The van der Waals surface area contributed by atoms with E-state index in [-0.39, 0.29) is 15.8 Å². The zero-order valence-electron chi connectivity index (χ0n) is 16.3. The molecule has 0 unspecified atom stereocenters. The van der Waals surface area contributed by atoms with E-state index >= 15 is 0 Å². The van der Waals surface area contributed by atoms with Gasteiger partial charge < -0.3 is 0 Å². The van der Waals surface area contributed by atoms with Crippen molar-refractivity contribution in [1.82, 2.24) is 4.72 Å². The molecule has 0 aromatic heterocycles. The lowest BCUT2D eigenvalue weighted by Crippen LogP contribution is -2.40. The van der Waals surface area contributed by atoms with Crippen LogP contribution in [-0.4, -0.2) is 22.9 Å². The third-order valence-corrected chi connectivity index (χ3v) is 9.22. The third kappa shape index (κ3) is 4.34. The number of anilines is 1. The third-order valence-electron chi connectivity index (χ3n) is 6.25. The van der Waals surface area contributed by atoms with Crippen LogP contribution in [0.15, 0.2) is 64.4 Å². The lowest BCUT2D eigenvalue weighted by atomic mass is 9.84. The molecule has 0 saturated heterocycles. The molecule has 2 aliphatic rings. The minimum atomic E-state index is -3.71. The van der Waals surface area contributed by atoms with Gasteiger partial charge in [0.2, 0.25) is 10.0 Å². The van der Waals surface area contributed by atoms with E-state index in [1.165, 1.54) is 55.7 Å². The van der Waals surface area contributed by atoms with Gasteiger partial charge >= 0.3 is 0 Å². The highest BCUT2D eigenvalue weighted by molar-refractivity contribution is 7.92. The minimum Gasteiger partial charge on any atom is -0.280 e. The predicted molar refractivity (Wildman–Crippen MR) is 112 cm³/mol. The Labute approximate surface area is 172 Å². The van der Waals surface area contributed by atoms with Crippen LogP contribution in [0.3, 0.4) is 0 Å². The second-order valence-corrected chi connectivity index (χ2v) is 11.6. The summed E-state index contributed by atoms with van der Waals surface area (Å²) in [6.45, 7) is 1.95. The monoisotopic (exact) mass is 434 g/mol. The zero-order valence-corrected chi connectivity index (χ0v) is 17.9. The Kier molecular flexibility index (Phi) is 5.44. The lowest BCUT2D eigenvalue weighted by Gasteiger charge is -2.28. The summed E-state index contributed by atoms with van der Waals surface area (Å²) in [6, 6.07) is 13.7. The molecule has 4 rings (SSSR count). The molecule has 2 saturated carbocycles. The van der Waals surface area contributed by atoms with Crippen LogP contribution in [0.1, 0.15) is 32.6 Å². The van der Waals surface area contributed by atoms with Crippen molar-refractivity contribution >= 4 is 25.7 Å². The first-order chi connectivity index (χ1) is 13.7. The van der Waals surface area contributed by atoms with Gasteiger partial charge in [-0.2, -0.15) is 0 Å². The van der Waals surface area contributed by atoms with Crippen LogP contribution < -0.4 is 9.44 Å². The van der Waals surface area contributed by atoms with Crippen molar-refractivity contribution in [2.24, 2.45) is 17.8 Å². The average molecular weight is 435 g/mol. The van der Waals surface area contributed by atoms with Gasteiger partial charge in [-0.15, -0.1) is 0 Å². The Balaban J connectivity index is 1.44. The van der Waals surface area contributed by atoms with Crippen molar-refractivity contribution in [2.45, 2.75) is 48.4 Å². The smallest absolute Gasteiger partial charge is 0.261 e. The number of benzene rings is 2. The number of sulfonamides is 2. The highest BCUT2D eigenvalue weighted by Crippen LogP contribution is 2.49. The molecule has 2 N–H and O–H groups in total. The van der Waals surface area contributed by atoms with Crippen molar-refractivity contribution in [3.05, 3.63) is 54.6 Å². The van der Waals surface area contributed by atoms with E-state index in [1.807, 2.05) is 6.92 Å². The molecule has 29 heavy (non-hydrogen) atoms. The first-order valence-electron chi connectivity index (χ1n) is 9.95. The molecular weight excluding hydrogens is 408 g/mol. The van der Waals surface area contributed by atoms with E-state index in [9.17, 15) is 16.8 Å². The fourth-order valence-electron chi connectivity index (χ4n) is 4.82. The van der Waals surface area contributed by atoms with Crippen LogP contribution in [0, 0.1) is 17.8 Å². The molecule has 2 aromatic carbocycles. The largest absolute Gasteiger partial charge is 0.280 e. The second kappa shape index (κ2) is 7.74. The molecule has 2 fully saturated rings. The van der Waals surface area contributed by atoms with E-state index in [4.69, 9.17) is 0 Å². The Bertz CT molecular complexity index is 1070. The van der Waals surface area contributed by atoms with Gasteiger partial charge in [-0.3, -0.25) is 4.72 Å². The number of hydrogen-bond donors (Lipinski definition) is 2. The van der Waals surface area contributed by atoms with Gasteiger partial charge in [0.1, 0.15) is 0 Å². The molecule has 2 aromatic rings. The molecule has 0 heterocycles. The second-order valence-electron chi connectivity index (χ2n) is 8.19. The molecule has 2 bridgehead atoms. The number of fused-ring (bicyclic) bond motifs is 2. The zero-order chi connectivity index (χ0) is 20.6. The first kappa shape index (κ1) is 20.4. The number of hydrogen-bond acceptors (Lipinski definition) is 4. The molecule has 0 radical (unpaired) electrons. The van der Waals surface area contributed by atoms with Gasteiger partial charge in [0.15, 0.2) is 0 Å². The normalized spacial score (nSPS) is 25.1. The van der Waals surface area contributed by atoms with E-state index in [2.05, 4.69) is 9.44 Å². The quantitative estimate of drug-likeness (QED) is 0.697. The maximum absolute atomic E-state index is 12.8. The van der Waals surface area contributed by atoms with E-state index in [0.29, 0.717) is 17.5 Å². The van der Waals surface area contributed by atoms with Crippen LogP contribution in [0.4, 0.5) is 5.69 Å². The average Bonchev–Trinajstić information content (AvgIpc) is 3.32. The molecule has 4 atom stereocenters. The summed E-state index contributed by atoms with van der Waals surface area (Å²) < 4.78 is 55.6. The molecular formula is C21H26N2O4S2. The number of rotatable bonds is 7. The molecule has 0 spiro atoms. The van der Waals surface area contributed by atoms with Gasteiger partial charge in [-0.05, 0) is 80.3 Å². The van der Waals surface area contributed by atoms with E-state index in [1.54, 1.807) is 18.2 Å². The van der Waals surface area contributed by atoms with Crippen molar-refractivity contribution in [1.29, 1.82) is 0 Å². The van der Waals surface area contributed by atoms with Gasteiger partial charge in [0, 0.05) is 11.7 Å². The molecule has 2 aliphatic carbocycles. The summed E-state index contributed by atoms with van der Waals surface area (Å²) in [5.41, 5.74) is 0.314. The van der Waals surface area contributed by atoms with Crippen molar-refractivity contribution in [3.8, 4) is 0 Å². The van der Waals surface area contributed by atoms with E-state index < -0.39 is 20.0 Å². The topological polar surface area (TPSA) is 92.3 Å². The van der Waals surface area contributed by atoms with Gasteiger partial charge in [0.25, 0.3) is 10.0 Å². The summed E-state index contributed by atoms with van der Waals surface area (Å²) in [5.74, 6) is 1.79. The van der Waals surface area contributed by atoms with Crippen molar-refractivity contribution in [2.75, 3.05) is 4.72 Å². The molecule has 0 amide bonds. The molecule has 8 heteroatoms. The summed E-state index contributed by atoms with van der Waals surface area (Å²) >= 11 is 0. The summed E-state index contributed by atoms with van der Waals surface area (Å²) in [7, 11) is -7.37. The minimum absolute atomic E-state index is 0.105. The Morgan fingerprint density at radius 3 is 2.07 bits per heavy atom. The molecule has 6 nitrogen and oxygen atoms in total. The molecule has 156 valence electrons. The van der Waals surface area contributed by atoms with Crippen molar-refractivity contribution in [3.63, 3.8) is 0 Å². The fourth-order valence-corrected chi connectivity index (χ4v) is 7.20. The predicted octanol–water partition coefficient (Wildman–Crippen LogP) is 3.59. The molecule has 0 aliphatic heterocycles. The first-order valence-corrected chi connectivity index (χ1v) is 12.9. The van der Waals surface area contributed by atoms with E-state index in [0.717, 1.165) is 12.3 Å². The van der Waals surface area contributed by atoms with Crippen LogP contribution >= 0.6 is 0 Å². The van der Waals surface area contributed by atoms with Crippen LogP contribution in [0.5, 0.6) is 0 Å². The van der Waals surface area contributed by atoms with Gasteiger partial charge in [0.05, 0.1) is 9.79 Å². The van der Waals surface area contributed by atoms with Crippen LogP contribution in [0.25, 0.3) is 0 Å². The Morgan fingerprint density at radius 1 is 0.828 bits per heavy atom. The summed E-state index contributed by atoms with van der Waals surface area (Å²) in [6.07, 6.45) is 4.82. The highest BCUT2D eigenvalue weighted by atomic mass is 32.2. The Morgan fingerprint density at radius 2 is 1.48 bits per heavy atom. The van der Waals surface area contributed by atoms with Gasteiger partial charge in [-0.25, -0.2) is 21.6 Å². The summed E-state index contributed by atoms with van der Waals surface area (Å²) in [5, 5.41) is 0. The lowest BCUT2D eigenvalue weighted by molar-refractivity contribution is 0.280. The van der Waals surface area contributed by atoms with Gasteiger partial charge in [-0.1, -0.05) is 24.6 Å². The standard InChI is InChI=1S/C21H26N2O4S2/c1-15(21-14-16-7-8-17(21)13-16)22-28(24,25)20-11-9-18(10-12-20)23-29(26,27)19-5-3-2-4-6-19/h2-6,9-12,15-17,21-23H,7-8,13-14H2,1H3/t15-,16-,17-,21+/m0/s1.